The summed E-state index contributed by atoms with van der Waals surface area (Å²) < 4.78 is 16.2. The molecular weight excluding hydrogens is 284 g/mol. The van der Waals surface area contributed by atoms with Crippen molar-refractivity contribution >= 4 is 6.09 Å². The molecule has 2 aromatic heterocycles. The molecule has 0 unspecified atom stereocenters. The highest BCUT2D eigenvalue weighted by Gasteiger charge is 2.45. The van der Waals surface area contributed by atoms with Gasteiger partial charge in [-0.05, 0) is 37.8 Å². The smallest absolute Gasteiger partial charge is 0.410 e. The minimum atomic E-state index is -0.275. The van der Waals surface area contributed by atoms with Gasteiger partial charge in [-0.2, -0.15) is 0 Å². The topological polar surface area (TPSA) is 68.7 Å². The van der Waals surface area contributed by atoms with E-state index < -0.39 is 0 Å². The van der Waals surface area contributed by atoms with Crippen LogP contribution in [0.3, 0.4) is 0 Å². The van der Waals surface area contributed by atoms with E-state index >= 15 is 0 Å². The van der Waals surface area contributed by atoms with Crippen LogP contribution >= 0.6 is 0 Å². The molecule has 0 N–H and O–H groups in total. The molecule has 4 rings (SSSR count). The van der Waals surface area contributed by atoms with Crippen LogP contribution in [0.25, 0.3) is 11.5 Å². The van der Waals surface area contributed by atoms with Crippen LogP contribution in [-0.4, -0.2) is 28.3 Å². The van der Waals surface area contributed by atoms with Crippen LogP contribution in [0.4, 0.5) is 4.79 Å². The molecule has 1 spiro atoms. The van der Waals surface area contributed by atoms with Gasteiger partial charge in [0.25, 0.3) is 0 Å². The molecule has 2 aliphatic rings. The molecule has 6 nitrogen and oxygen atoms in total. The molecule has 0 radical (unpaired) electrons. The van der Waals surface area contributed by atoms with Crippen molar-refractivity contribution in [2.24, 2.45) is 0 Å². The summed E-state index contributed by atoms with van der Waals surface area (Å²) in [6, 6.07) is 5.41. The lowest BCUT2D eigenvalue weighted by Gasteiger charge is -2.30. The fourth-order valence-electron chi connectivity index (χ4n) is 3.39. The summed E-state index contributed by atoms with van der Waals surface area (Å²) >= 11 is 0. The number of hydrogen-bond donors (Lipinski definition) is 0. The van der Waals surface area contributed by atoms with Gasteiger partial charge in [0.2, 0.25) is 5.76 Å². The van der Waals surface area contributed by atoms with Crippen LogP contribution in [0.2, 0.25) is 0 Å². The van der Waals surface area contributed by atoms with Crippen LogP contribution in [0.5, 0.6) is 0 Å². The molecule has 1 saturated carbocycles. The maximum Gasteiger partial charge on any atom is 0.410 e. The Balaban J connectivity index is 1.46. The fourth-order valence-corrected chi connectivity index (χ4v) is 3.39. The maximum absolute atomic E-state index is 12.1. The number of rotatable bonds is 3. The number of hydrogen-bond acceptors (Lipinski definition) is 5. The average Bonchev–Trinajstić information content (AvgIpc) is 3.22. The lowest BCUT2D eigenvalue weighted by atomic mass is 9.85. The van der Waals surface area contributed by atoms with E-state index in [9.17, 15) is 4.79 Å². The molecular formula is C16H18N2O4. The van der Waals surface area contributed by atoms with E-state index in [0.717, 1.165) is 25.7 Å². The van der Waals surface area contributed by atoms with Gasteiger partial charge in [-0.1, -0.05) is 11.6 Å². The van der Waals surface area contributed by atoms with Gasteiger partial charge in [0, 0.05) is 6.07 Å². The lowest BCUT2D eigenvalue weighted by molar-refractivity contribution is 0.0260. The Morgan fingerprint density at radius 1 is 1.23 bits per heavy atom. The van der Waals surface area contributed by atoms with Crippen molar-refractivity contribution in [2.45, 2.75) is 44.2 Å². The second-order valence-corrected chi connectivity index (χ2v) is 6.13. The predicted molar refractivity (Wildman–Crippen MR) is 76.9 cm³/mol. The lowest BCUT2D eigenvalue weighted by Crippen LogP contribution is -2.36. The van der Waals surface area contributed by atoms with Crippen molar-refractivity contribution < 1.29 is 18.5 Å². The normalized spacial score (nSPS) is 20.5. The quantitative estimate of drug-likeness (QED) is 0.866. The van der Waals surface area contributed by atoms with E-state index in [1.165, 1.54) is 6.42 Å². The van der Waals surface area contributed by atoms with Crippen LogP contribution in [0, 0.1) is 0 Å². The number of nitrogens with zero attached hydrogens (tertiary/aromatic N) is 2. The highest BCUT2D eigenvalue weighted by Crippen LogP contribution is 2.37. The van der Waals surface area contributed by atoms with E-state index in [2.05, 4.69) is 5.16 Å². The Kier molecular flexibility index (Phi) is 3.17. The highest BCUT2D eigenvalue weighted by molar-refractivity contribution is 5.70. The van der Waals surface area contributed by atoms with Crippen LogP contribution in [0.1, 0.15) is 37.8 Å². The Bertz CT molecular complexity index is 656. The largest absolute Gasteiger partial charge is 0.461 e. The Morgan fingerprint density at radius 3 is 2.86 bits per heavy atom. The molecule has 1 aliphatic heterocycles. The maximum atomic E-state index is 12.1. The van der Waals surface area contributed by atoms with Gasteiger partial charge in [-0.3, -0.25) is 4.90 Å². The van der Waals surface area contributed by atoms with Crippen molar-refractivity contribution in [3.05, 3.63) is 30.2 Å². The van der Waals surface area contributed by atoms with Crippen molar-refractivity contribution in [3.8, 4) is 11.5 Å². The first kappa shape index (κ1) is 13.4. The van der Waals surface area contributed by atoms with Crippen molar-refractivity contribution in [1.29, 1.82) is 0 Å². The molecule has 1 amide bonds. The van der Waals surface area contributed by atoms with E-state index in [1.807, 2.05) is 6.07 Å². The molecule has 1 aliphatic carbocycles. The number of carbonyl (C=O) groups is 1. The summed E-state index contributed by atoms with van der Waals surface area (Å²) in [6.45, 7) is 1.06. The number of furan rings is 1. The molecule has 6 heteroatoms. The van der Waals surface area contributed by atoms with Crippen molar-refractivity contribution in [1.82, 2.24) is 10.1 Å². The molecule has 1 saturated heterocycles. The second-order valence-electron chi connectivity index (χ2n) is 6.13. The number of ether oxygens (including phenoxy) is 1. The summed E-state index contributed by atoms with van der Waals surface area (Å²) in [6.07, 6.45) is 6.76. The average molecular weight is 302 g/mol. The molecule has 0 aromatic carbocycles. The summed E-state index contributed by atoms with van der Waals surface area (Å²) in [5, 5.41) is 4.02. The molecule has 116 valence electrons. The number of aromatic nitrogens is 1. The van der Waals surface area contributed by atoms with Gasteiger partial charge in [0.1, 0.15) is 11.3 Å². The Hall–Kier alpha value is -2.24. The third-order valence-electron chi connectivity index (χ3n) is 4.48. The zero-order chi connectivity index (χ0) is 15.0. The minimum absolute atomic E-state index is 0.246. The molecule has 0 bridgehead atoms. The summed E-state index contributed by atoms with van der Waals surface area (Å²) in [5.74, 6) is 1.20. The summed E-state index contributed by atoms with van der Waals surface area (Å²) in [7, 11) is 0. The van der Waals surface area contributed by atoms with E-state index in [0.29, 0.717) is 30.3 Å². The number of amides is 1. The molecule has 0 atom stereocenters. The standard InChI is InChI=1S/C16H18N2O4/c19-15-18(11-16(21-15)6-2-1-3-7-16)10-12-9-14(22-17-12)13-5-4-8-20-13/h4-5,8-9H,1-3,6-7,10-11H2. The van der Waals surface area contributed by atoms with Gasteiger partial charge in [0.05, 0.1) is 19.4 Å². The van der Waals surface area contributed by atoms with Gasteiger partial charge in [-0.15, -0.1) is 0 Å². The van der Waals surface area contributed by atoms with Crippen molar-refractivity contribution in [2.75, 3.05) is 6.54 Å². The molecule has 22 heavy (non-hydrogen) atoms. The second kappa shape index (κ2) is 5.19. The van der Waals surface area contributed by atoms with Crippen LogP contribution < -0.4 is 0 Å². The highest BCUT2D eigenvalue weighted by atomic mass is 16.6. The van der Waals surface area contributed by atoms with Crippen molar-refractivity contribution in [3.63, 3.8) is 0 Å². The van der Waals surface area contributed by atoms with Gasteiger partial charge >= 0.3 is 6.09 Å². The molecule has 2 aromatic rings. The van der Waals surface area contributed by atoms with E-state index in [4.69, 9.17) is 13.7 Å². The fraction of sp³-hybridized carbons (Fsp3) is 0.500. The van der Waals surface area contributed by atoms with E-state index in [1.54, 1.807) is 23.3 Å². The predicted octanol–water partition coefficient (Wildman–Crippen LogP) is 3.59. The zero-order valence-corrected chi connectivity index (χ0v) is 12.3. The molecule has 2 fully saturated rings. The first-order valence-corrected chi connectivity index (χ1v) is 7.72. The van der Waals surface area contributed by atoms with Gasteiger partial charge < -0.3 is 13.7 Å². The third-order valence-corrected chi connectivity index (χ3v) is 4.48. The summed E-state index contributed by atoms with van der Waals surface area (Å²) in [4.78, 5) is 13.8. The first-order chi connectivity index (χ1) is 10.7. The monoisotopic (exact) mass is 302 g/mol. The van der Waals surface area contributed by atoms with Gasteiger partial charge in [0.15, 0.2) is 5.76 Å². The van der Waals surface area contributed by atoms with E-state index in [-0.39, 0.29) is 11.7 Å². The number of carbonyl (C=O) groups excluding carboxylic acids is 1. The Labute approximate surface area is 128 Å². The zero-order valence-electron chi connectivity index (χ0n) is 12.3. The Morgan fingerprint density at radius 2 is 2.09 bits per heavy atom. The van der Waals surface area contributed by atoms with Crippen LogP contribution in [-0.2, 0) is 11.3 Å². The third kappa shape index (κ3) is 2.38. The van der Waals surface area contributed by atoms with Gasteiger partial charge in [-0.25, -0.2) is 4.79 Å². The summed E-state index contributed by atoms with van der Waals surface area (Å²) in [5.41, 5.74) is 0.430. The SMILES string of the molecule is O=C1OC2(CCCCC2)CN1Cc1cc(-c2ccco2)on1. The van der Waals surface area contributed by atoms with Crippen LogP contribution in [0.15, 0.2) is 33.4 Å². The first-order valence-electron chi connectivity index (χ1n) is 7.72. The minimum Gasteiger partial charge on any atom is -0.461 e. The molecule has 3 heterocycles.